The van der Waals surface area contributed by atoms with E-state index in [1.54, 1.807) is 0 Å². The van der Waals surface area contributed by atoms with Crippen LogP contribution in [0.2, 0.25) is 0 Å². The van der Waals surface area contributed by atoms with Crippen molar-refractivity contribution in [3.8, 4) is 0 Å². The van der Waals surface area contributed by atoms with Crippen LogP contribution in [0.15, 0.2) is 0 Å². The molecule has 12 heavy (non-hydrogen) atoms. The molecule has 4 nitrogen and oxygen atoms in total. The Morgan fingerprint density at radius 2 is 2.33 bits per heavy atom. The van der Waals surface area contributed by atoms with Gasteiger partial charge in [0, 0.05) is 23.1 Å². The van der Waals surface area contributed by atoms with Gasteiger partial charge in [0.2, 0.25) is 11.2 Å². The predicted molar refractivity (Wildman–Crippen MR) is 46.7 cm³/mol. The van der Waals surface area contributed by atoms with Crippen LogP contribution in [0.1, 0.15) is 19.3 Å². The summed E-state index contributed by atoms with van der Waals surface area (Å²) in [6.45, 7) is 0.0334. The molecule has 3 N–H and O–H groups in total. The van der Waals surface area contributed by atoms with Crippen molar-refractivity contribution in [3.63, 3.8) is 0 Å². The van der Waals surface area contributed by atoms with Gasteiger partial charge in [-0.05, 0) is 6.42 Å². The van der Waals surface area contributed by atoms with Crippen LogP contribution in [0.5, 0.6) is 0 Å². The average Bonchev–Trinajstić information content (AvgIpc) is 2.52. The van der Waals surface area contributed by atoms with Crippen LogP contribution in [-0.2, 0) is 20.7 Å². The maximum absolute atomic E-state index is 10.8. The maximum atomic E-state index is 10.8. The normalized spacial score (nSPS) is 28.4. The van der Waals surface area contributed by atoms with Crippen molar-refractivity contribution in [1.29, 1.82) is 0 Å². The molecule has 0 aromatic carbocycles. The average molecular weight is 189 g/mol. The molecule has 2 atom stereocenters. The second-order valence-corrected chi connectivity index (χ2v) is 3.86. The Balaban J connectivity index is 2.27. The molecule has 68 valence electrons. The number of amides is 1. The van der Waals surface area contributed by atoms with E-state index in [4.69, 9.17) is 5.73 Å². The van der Waals surface area contributed by atoms with Gasteiger partial charge < -0.3 is 11.1 Å². The van der Waals surface area contributed by atoms with Crippen molar-refractivity contribution in [2.45, 2.75) is 30.6 Å². The van der Waals surface area contributed by atoms with E-state index in [2.05, 4.69) is 5.32 Å². The molecule has 0 saturated heterocycles. The molecule has 0 bridgehead atoms. The quantitative estimate of drug-likeness (QED) is 0.583. The van der Waals surface area contributed by atoms with Crippen LogP contribution >= 0.6 is 0 Å². The summed E-state index contributed by atoms with van der Waals surface area (Å²) in [7, 11) is 0. The molecule has 2 unspecified atom stereocenters. The highest BCUT2D eigenvalue weighted by atomic mass is 32.1. The van der Waals surface area contributed by atoms with Crippen molar-refractivity contribution in [2.75, 3.05) is 6.54 Å². The lowest BCUT2D eigenvalue weighted by Gasteiger charge is -2.08. The molecule has 0 radical (unpaired) electrons. The van der Waals surface area contributed by atoms with Gasteiger partial charge in [-0.2, -0.15) is 0 Å². The Bertz CT molecular complexity index is 186. The highest BCUT2D eigenvalue weighted by Gasteiger charge is 2.34. The number of carbonyl (C=O) groups excluding carboxylic acids is 1. The Kier molecular flexibility index (Phi) is 3.55. The van der Waals surface area contributed by atoms with Gasteiger partial charge in [0.05, 0.1) is 6.54 Å². The SMILES string of the molecule is NCC(=O)NC1CCC([S+]=O)C1. The fourth-order valence-electron chi connectivity index (χ4n) is 1.45. The zero-order valence-corrected chi connectivity index (χ0v) is 7.60. The smallest absolute Gasteiger partial charge is 0.352 e. The van der Waals surface area contributed by atoms with Gasteiger partial charge >= 0.3 is 11.7 Å². The van der Waals surface area contributed by atoms with Crippen LogP contribution in [0.3, 0.4) is 0 Å². The molecule has 0 aromatic rings. The van der Waals surface area contributed by atoms with Gasteiger partial charge in [-0.15, -0.1) is 0 Å². The Morgan fingerprint density at radius 1 is 1.58 bits per heavy atom. The molecule has 0 spiro atoms. The number of nitrogens with two attached hydrogens (primary N) is 1. The minimum Gasteiger partial charge on any atom is -0.352 e. The second kappa shape index (κ2) is 4.47. The first-order chi connectivity index (χ1) is 5.76. The number of hydrogen-bond acceptors (Lipinski definition) is 3. The van der Waals surface area contributed by atoms with Gasteiger partial charge in [-0.3, -0.25) is 4.79 Å². The Labute approximate surface area is 75.4 Å². The summed E-state index contributed by atoms with van der Waals surface area (Å²) in [5.41, 5.74) is 5.14. The van der Waals surface area contributed by atoms with E-state index >= 15 is 0 Å². The van der Waals surface area contributed by atoms with E-state index < -0.39 is 0 Å². The van der Waals surface area contributed by atoms with E-state index in [-0.39, 0.29) is 23.7 Å². The van der Waals surface area contributed by atoms with Crippen LogP contribution in [-0.4, -0.2) is 23.7 Å². The van der Waals surface area contributed by atoms with Crippen LogP contribution in [0.25, 0.3) is 0 Å². The van der Waals surface area contributed by atoms with Gasteiger partial charge in [0.15, 0.2) is 0 Å². The third-order valence-electron chi connectivity index (χ3n) is 2.07. The summed E-state index contributed by atoms with van der Waals surface area (Å²) in [5, 5.41) is 2.95. The Hall–Kier alpha value is -0.550. The Morgan fingerprint density at radius 3 is 2.83 bits per heavy atom. The third-order valence-corrected chi connectivity index (χ3v) is 2.77. The van der Waals surface area contributed by atoms with Crippen LogP contribution < -0.4 is 11.1 Å². The molecular weight excluding hydrogens is 176 g/mol. The van der Waals surface area contributed by atoms with Gasteiger partial charge in [-0.25, -0.2) is 0 Å². The van der Waals surface area contributed by atoms with Crippen LogP contribution in [0, 0.1) is 0 Å². The molecule has 1 aliphatic rings. The lowest BCUT2D eigenvalue weighted by molar-refractivity contribution is -0.120. The standard InChI is InChI=1S/C7H12N2O2S/c8-4-7(10)9-5-1-2-6(3-5)12-11/h5-6H,1-4,8H2/p+1. The number of hydrogen-bond donors (Lipinski definition) is 2. The highest BCUT2D eigenvalue weighted by Crippen LogP contribution is 2.20. The summed E-state index contributed by atoms with van der Waals surface area (Å²) in [5.74, 6) is -0.128. The van der Waals surface area contributed by atoms with E-state index in [1.165, 1.54) is 0 Å². The molecule has 0 heterocycles. The van der Waals surface area contributed by atoms with Crippen molar-refractivity contribution >= 4 is 17.6 Å². The molecule has 1 saturated carbocycles. The highest BCUT2D eigenvalue weighted by molar-refractivity contribution is 7.66. The van der Waals surface area contributed by atoms with Gasteiger partial charge in [0.1, 0.15) is 0 Å². The van der Waals surface area contributed by atoms with Crippen molar-refractivity contribution < 1.29 is 9.00 Å². The summed E-state index contributed by atoms with van der Waals surface area (Å²) >= 11 is 0.638. The molecule has 1 fully saturated rings. The zero-order valence-electron chi connectivity index (χ0n) is 6.79. The molecule has 0 aliphatic heterocycles. The van der Waals surface area contributed by atoms with Gasteiger partial charge in [0.25, 0.3) is 0 Å². The monoisotopic (exact) mass is 189 g/mol. The molecule has 1 aliphatic carbocycles. The molecular formula is C7H13N2O2S+. The van der Waals surface area contributed by atoms with E-state index in [9.17, 15) is 9.00 Å². The minimum atomic E-state index is -0.128. The van der Waals surface area contributed by atoms with Crippen molar-refractivity contribution in [1.82, 2.24) is 5.32 Å². The first kappa shape index (κ1) is 9.54. The first-order valence-corrected chi connectivity index (χ1v) is 4.84. The van der Waals surface area contributed by atoms with Crippen molar-refractivity contribution in [3.05, 3.63) is 0 Å². The number of nitrogens with one attached hydrogen (secondary N) is 1. The summed E-state index contributed by atoms with van der Waals surface area (Å²) in [4.78, 5) is 10.8. The predicted octanol–water partition coefficient (Wildman–Crippen LogP) is -0.590. The number of rotatable bonds is 3. The second-order valence-electron chi connectivity index (χ2n) is 3.00. The summed E-state index contributed by atoms with van der Waals surface area (Å²) < 4.78 is 10.4. The van der Waals surface area contributed by atoms with Crippen molar-refractivity contribution in [2.24, 2.45) is 5.73 Å². The molecule has 5 heteroatoms. The van der Waals surface area contributed by atoms with Crippen LogP contribution in [0.4, 0.5) is 0 Å². The van der Waals surface area contributed by atoms with E-state index in [0.29, 0.717) is 11.7 Å². The van der Waals surface area contributed by atoms with E-state index in [1.807, 2.05) is 0 Å². The zero-order chi connectivity index (χ0) is 8.97. The first-order valence-electron chi connectivity index (χ1n) is 4.04. The molecule has 1 rings (SSSR count). The minimum absolute atomic E-state index is 0.0334. The molecule has 1 amide bonds. The van der Waals surface area contributed by atoms with E-state index in [0.717, 1.165) is 19.3 Å². The largest absolute Gasteiger partial charge is 0.462 e. The summed E-state index contributed by atoms with van der Waals surface area (Å²) in [6, 6.07) is 0.174. The summed E-state index contributed by atoms with van der Waals surface area (Å²) in [6.07, 6.45) is 2.61. The fraction of sp³-hybridized carbons (Fsp3) is 0.857. The lowest BCUT2D eigenvalue weighted by Crippen LogP contribution is -2.37. The molecule has 0 aromatic heterocycles. The number of carbonyl (C=O) groups is 1. The maximum Gasteiger partial charge on any atom is 0.462 e. The third kappa shape index (κ3) is 2.49. The fourth-order valence-corrected chi connectivity index (χ4v) is 1.99. The topological polar surface area (TPSA) is 72.2 Å². The lowest BCUT2D eigenvalue weighted by atomic mass is 10.2. The van der Waals surface area contributed by atoms with Gasteiger partial charge in [-0.1, -0.05) is 0 Å².